The van der Waals surface area contributed by atoms with Crippen LogP contribution in [-0.4, -0.2) is 38.5 Å². The van der Waals surface area contributed by atoms with Crippen molar-refractivity contribution in [2.75, 3.05) is 19.7 Å². The Bertz CT molecular complexity index is 584. The van der Waals surface area contributed by atoms with Crippen molar-refractivity contribution in [1.82, 2.24) is 4.31 Å². The monoisotopic (exact) mass is 316 g/mol. The van der Waals surface area contributed by atoms with Crippen LogP contribution in [0.5, 0.6) is 0 Å². The maximum absolute atomic E-state index is 13.7. The molecule has 1 aliphatic rings. The Kier molecular flexibility index (Phi) is 5.32. The second-order valence-electron chi connectivity index (χ2n) is 4.98. The molecule has 0 aliphatic carbocycles. The molecule has 1 aliphatic heterocycles. The minimum absolute atomic E-state index is 0.0279. The third-order valence-corrected chi connectivity index (χ3v) is 5.68. The van der Waals surface area contributed by atoms with Gasteiger partial charge in [0.2, 0.25) is 10.0 Å². The van der Waals surface area contributed by atoms with Gasteiger partial charge in [0.05, 0.1) is 11.0 Å². The van der Waals surface area contributed by atoms with Crippen LogP contribution in [0, 0.1) is 5.82 Å². The molecule has 0 amide bonds. The van der Waals surface area contributed by atoms with Crippen molar-refractivity contribution in [3.63, 3.8) is 0 Å². The van der Waals surface area contributed by atoms with E-state index in [9.17, 15) is 12.8 Å². The van der Waals surface area contributed by atoms with E-state index in [0.717, 1.165) is 0 Å². The Morgan fingerprint density at radius 2 is 2.05 bits per heavy atom. The third kappa shape index (κ3) is 3.42. The highest BCUT2D eigenvalue weighted by molar-refractivity contribution is 7.89. The number of benzene rings is 1. The first-order valence-electron chi connectivity index (χ1n) is 7.10. The summed E-state index contributed by atoms with van der Waals surface area (Å²) in [5.41, 5.74) is 5.54. The summed E-state index contributed by atoms with van der Waals surface area (Å²) in [6, 6.07) is 4.03. The lowest BCUT2D eigenvalue weighted by Crippen LogP contribution is -2.41. The van der Waals surface area contributed by atoms with Gasteiger partial charge in [0.15, 0.2) is 0 Å². The van der Waals surface area contributed by atoms with Crippen molar-refractivity contribution in [2.24, 2.45) is 5.73 Å². The molecule has 0 bridgehead atoms. The predicted molar refractivity (Wildman–Crippen MR) is 77.7 cm³/mol. The average molecular weight is 316 g/mol. The van der Waals surface area contributed by atoms with Crippen molar-refractivity contribution in [1.29, 1.82) is 0 Å². The van der Waals surface area contributed by atoms with Crippen LogP contribution in [0.15, 0.2) is 23.1 Å². The summed E-state index contributed by atoms with van der Waals surface area (Å²) in [6.07, 6.45) is 1.41. The van der Waals surface area contributed by atoms with Crippen LogP contribution < -0.4 is 5.73 Å². The van der Waals surface area contributed by atoms with Crippen molar-refractivity contribution in [2.45, 2.75) is 37.3 Å². The van der Waals surface area contributed by atoms with E-state index in [-0.39, 0.29) is 23.1 Å². The Labute approximate surface area is 124 Å². The molecule has 7 heteroatoms. The average Bonchev–Trinajstić information content (AvgIpc) is 2.48. The molecule has 21 heavy (non-hydrogen) atoms. The molecule has 118 valence electrons. The molecule has 1 aromatic rings. The smallest absolute Gasteiger partial charge is 0.243 e. The van der Waals surface area contributed by atoms with Crippen molar-refractivity contribution >= 4 is 10.0 Å². The summed E-state index contributed by atoms with van der Waals surface area (Å²) in [5.74, 6) is -0.581. The van der Waals surface area contributed by atoms with Gasteiger partial charge in [-0.15, -0.1) is 0 Å². The number of hydrogen-bond acceptors (Lipinski definition) is 4. The van der Waals surface area contributed by atoms with E-state index >= 15 is 0 Å². The quantitative estimate of drug-likeness (QED) is 0.893. The number of halogens is 1. The number of nitrogens with zero attached hydrogens (tertiary/aromatic N) is 1. The molecule has 1 aromatic carbocycles. The molecule has 1 saturated heterocycles. The summed E-state index contributed by atoms with van der Waals surface area (Å²) in [5, 5.41) is 0. The number of piperidine rings is 1. The first-order chi connectivity index (χ1) is 10.0. The van der Waals surface area contributed by atoms with Crippen LogP contribution in [0.1, 0.15) is 25.3 Å². The van der Waals surface area contributed by atoms with E-state index in [1.807, 2.05) is 6.92 Å². The minimum Gasteiger partial charge on any atom is -0.378 e. The lowest BCUT2D eigenvalue weighted by molar-refractivity contribution is 0.0290. The van der Waals surface area contributed by atoms with Crippen molar-refractivity contribution in [3.8, 4) is 0 Å². The van der Waals surface area contributed by atoms with E-state index in [0.29, 0.717) is 32.5 Å². The number of nitrogens with two attached hydrogens (primary N) is 1. The molecule has 1 fully saturated rings. The van der Waals surface area contributed by atoms with Crippen LogP contribution >= 0.6 is 0 Å². The molecule has 0 spiro atoms. The highest BCUT2D eigenvalue weighted by Crippen LogP contribution is 2.25. The van der Waals surface area contributed by atoms with Gasteiger partial charge in [-0.05, 0) is 31.9 Å². The molecule has 0 radical (unpaired) electrons. The fraction of sp³-hybridized carbons (Fsp3) is 0.571. The molecule has 0 aromatic heterocycles. The Balaban J connectivity index is 2.22. The zero-order valence-corrected chi connectivity index (χ0v) is 12.9. The number of ether oxygens (including phenoxy) is 1. The molecule has 2 rings (SSSR count). The summed E-state index contributed by atoms with van der Waals surface area (Å²) in [6.45, 7) is 3.17. The summed E-state index contributed by atoms with van der Waals surface area (Å²) >= 11 is 0. The van der Waals surface area contributed by atoms with E-state index in [1.165, 1.54) is 22.5 Å². The fourth-order valence-electron chi connectivity index (χ4n) is 2.59. The van der Waals surface area contributed by atoms with Gasteiger partial charge >= 0.3 is 0 Å². The van der Waals surface area contributed by atoms with Crippen LogP contribution in [0.2, 0.25) is 0 Å². The normalized spacial score (nSPS) is 18.0. The molecule has 2 N–H and O–H groups in total. The number of sulfonamides is 1. The van der Waals surface area contributed by atoms with Gasteiger partial charge in [0.25, 0.3) is 0 Å². The van der Waals surface area contributed by atoms with Crippen molar-refractivity contribution in [3.05, 3.63) is 29.6 Å². The van der Waals surface area contributed by atoms with Crippen molar-refractivity contribution < 1.29 is 17.5 Å². The molecule has 1 heterocycles. The van der Waals surface area contributed by atoms with Gasteiger partial charge < -0.3 is 10.5 Å². The van der Waals surface area contributed by atoms with Gasteiger partial charge in [-0.2, -0.15) is 4.31 Å². The van der Waals surface area contributed by atoms with E-state index in [4.69, 9.17) is 10.5 Å². The van der Waals surface area contributed by atoms with Crippen LogP contribution in [0.3, 0.4) is 0 Å². The zero-order chi connectivity index (χ0) is 15.5. The van der Waals surface area contributed by atoms with Crippen LogP contribution in [-0.2, 0) is 21.3 Å². The SMILES string of the molecule is CCOC1CCN(S(=O)(=O)c2cccc(F)c2CN)CC1. The lowest BCUT2D eigenvalue weighted by Gasteiger charge is -2.31. The number of rotatable bonds is 5. The Hall–Kier alpha value is -1.02. The highest BCUT2D eigenvalue weighted by atomic mass is 32.2. The maximum atomic E-state index is 13.7. The van der Waals surface area contributed by atoms with Crippen LogP contribution in [0.25, 0.3) is 0 Å². The summed E-state index contributed by atoms with van der Waals surface area (Å²) in [7, 11) is -3.71. The third-order valence-electron chi connectivity index (χ3n) is 3.70. The second kappa shape index (κ2) is 6.83. The van der Waals surface area contributed by atoms with E-state index in [1.54, 1.807) is 0 Å². The standard InChI is InChI=1S/C14H21FN2O3S/c1-2-20-11-6-8-17(9-7-11)21(18,19)14-5-3-4-13(15)12(14)10-16/h3-5,11H,2,6-10,16H2,1H3. The molecule has 0 unspecified atom stereocenters. The van der Waals surface area contributed by atoms with E-state index in [2.05, 4.69) is 0 Å². The molecule has 5 nitrogen and oxygen atoms in total. The minimum atomic E-state index is -3.71. The van der Waals surface area contributed by atoms with E-state index < -0.39 is 15.8 Å². The summed E-state index contributed by atoms with van der Waals surface area (Å²) in [4.78, 5) is -0.0279. The summed E-state index contributed by atoms with van der Waals surface area (Å²) < 4.78 is 45.9. The van der Waals surface area contributed by atoms with Gasteiger partial charge in [-0.3, -0.25) is 0 Å². The van der Waals surface area contributed by atoms with Gasteiger partial charge in [0.1, 0.15) is 5.82 Å². The maximum Gasteiger partial charge on any atom is 0.243 e. The molecule has 0 saturated carbocycles. The zero-order valence-electron chi connectivity index (χ0n) is 12.1. The Morgan fingerprint density at radius 1 is 1.38 bits per heavy atom. The fourth-order valence-corrected chi connectivity index (χ4v) is 4.31. The lowest BCUT2D eigenvalue weighted by atomic mass is 10.1. The predicted octanol–water partition coefficient (Wildman–Crippen LogP) is 1.47. The molecular formula is C14H21FN2O3S. The molecular weight excluding hydrogens is 295 g/mol. The number of hydrogen-bond donors (Lipinski definition) is 1. The Morgan fingerprint density at radius 3 is 2.62 bits per heavy atom. The second-order valence-corrected chi connectivity index (χ2v) is 6.89. The molecule has 0 atom stereocenters. The van der Waals surface area contributed by atoms with Gasteiger partial charge in [-0.1, -0.05) is 6.07 Å². The largest absolute Gasteiger partial charge is 0.378 e. The van der Waals surface area contributed by atoms with Gasteiger partial charge in [-0.25, -0.2) is 12.8 Å². The first kappa shape index (κ1) is 16.4. The first-order valence-corrected chi connectivity index (χ1v) is 8.54. The highest BCUT2D eigenvalue weighted by Gasteiger charge is 2.31. The van der Waals surface area contributed by atoms with Gasteiger partial charge in [0, 0.05) is 31.8 Å². The topological polar surface area (TPSA) is 72.6 Å². The van der Waals surface area contributed by atoms with Crippen LogP contribution in [0.4, 0.5) is 4.39 Å².